The van der Waals surface area contributed by atoms with Crippen LogP contribution in [0.3, 0.4) is 0 Å². The number of rotatable bonds is 8. The molecule has 0 atom stereocenters. The number of fused-ring (bicyclic) bond motifs is 1. The van der Waals surface area contributed by atoms with Gasteiger partial charge in [0.15, 0.2) is 0 Å². The van der Waals surface area contributed by atoms with Crippen molar-refractivity contribution in [3.05, 3.63) is 45.0 Å². The van der Waals surface area contributed by atoms with Crippen LogP contribution in [0.2, 0.25) is 0 Å². The first-order chi connectivity index (χ1) is 14.4. The molecule has 30 heavy (non-hydrogen) atoms. The third kappa shape index (κ3) is 5.29. The average molecular weight is 416 g/mol. The third-order valence-corrected chi connectivity index (χ3v) is 6.30. The van der Waals surface area contributed by atoms with E-state index in [1.54, 1.807) is 0 Å². The van der Waals surface area contributed by atoms with E-state index >= 15 is 0 Å². The van der Waals surface area contributed by atoms with Gasteiger partial charge in [0, 0.05) is 31.6 Å². The second kappa shape index (κ2) is 10.2. The van der Waals surface area contributed by atoms with Crippen molar-refractivity contribution >= 4 is 11.9 Å². The van der Waals surface area contributed by atoms with Crippen LogP contribution in [0.5, 0.6) is 0 Å². The number of benzene rings is 1. The standard InChI is InChI=1S/C24H33NO5/c1-16(6-8-22(26)29-14-11-25-9-12-28-13-10-25)5-7-20-17(2)18(3)21-15-30-24(27)23(21)19(20)4/h5H,6-15H2,1-4H3/b16-5+. The van der Waals surface area contributed by atoms with Crippen molar-refractivity contribution in [3.8, 4) is 0 Å². The number of nitrogens with zero attached hydrogens (tertiary/aromatic N) is 1. The fourth-order valence-corrected chi connectivity index (χ4v) is 4.13. The van der Waals surface area contributed by atoms with Gasteiger partial charge in [-0.25, -0.2) is 4.79 Å². The van der Waals surface area contributed by atoms with Gasteiger partial charge in [-0.2, -0.15) is 0 Å². The van der Waals surface area contributed by atoms with Gasteiger partial charge >= 0.3 is 11.9 Å². The molecule has 3 rings (SSSR count). The minimum Gasteiger partial charge on any atom is -0.464 e. The summed E-state index contributed by atoms with van der Waals surface area (Å²) in [6.45, 7) is 13.1. The summed E-state index contributed by atoms with van der Waals surface area (Å²) in [5.74, 6) is -0.369. The summed E-state index contributed by atoms with van der Waals surface area (Å²) in [5.41, 5.74) is 7.48. The van der Waals surface area contributed by atoms with E-state index in [2.05, 4.69) is 24.8 Å². The number of allylic oxidation sites excluding steroid dienone is 2. The molecule has 0 spiro atoms. The van der Waals surface area contributed by atoms with E-state index in [-0.39, 0.29) is 11.9 Å². The van der Waals surface area contributed by atoms with E-state index in [1.807, 2.05) is 13.8 Å². The molecule has 0 bridgehead atoms. The van der Waals surface area contributed by atoms with Crippen molar-refractivity contribution < 1.29 is 23.8 Å². The molecule has 1 fully saturated rings. The summed E-state index contributed by atoms with van der Waals surface area (Å²) < 4.78 is 15.9. The Labute approximate surface area is 179 Å². The first-order valence-corrected chi connectivity index (χ1v) is 10.8. The molecule has 2 aliphatic heterocycles. The molecule has 0 amide bonds. The molecule has 0 aromatic heterocycles. The lowest BCUT2D eigenvalue weighted by molar-refractivity contribution is -0.144. The Balaban J connectivity index is 1.49. The summed E-state index contributed by atoms with van der Waals surface area (Å²) >= 11 is 0. The van der Waals surface area contributed by atoms with Gasteiger partial charge in [0.2, 0.25) is 0 Å². The van der Waals surface area contributed by atoms with Crippen molar-refractivity contribution in [1.29, 1.82) is 0 Å². The number of carbonyl (C=O) groups excluding carboxylic acids is 2. The smallest absolute Gasteiger partial charge is 0.339 e. The Bertz CT molecular complexity index is 837. The van der Waals surface area contributed by atoms with Gasteiger partial charge in [-0.15, -0.1) is 0 Å². The summed E-state index contributed by atoms with van der Waals surface area (Å²) in [4.78, 5) is 26.4. The Kier molecular flexibility index (Phi) is 7.67. The predicted octanol–water partition coefficient (Wildman–Crippen LogP) is 3.43. The zero-order valence-corrected chi connectivity index (χ0v) is 18.6. The summed E-state index contributed by atoms with van der Waals surface area (Å²) in [5, 5.41) is 0. The number of carbonyl (C=O) groups is 2. The quantitative estimate of drug-likeness (QED) is 0.479. The van der Waals surface area contributed by atoms with Crippen LogP contribution in [0.4, 0.5) is 0 Å². The predicted molar refractivity (Wildman–Crippen MR) is 115 cm³/mol. The number of cyclic esters (lactones) is 1. The first-order valence-electron chi connectivity index (χ1n) is 10.8. The van der Waals surface area contributed by atoms with E-state index in [0.29, 0.717) is 26.1 Å². The van der Waals surface area contributed by atoms with Gasteiger partial charge in [-0.3, -0.25) is 9.69 Å². The highest BCUT2D eigenvalue weighted by Crippen LogP contribution is 2.32. The summed E-state index contributed by atoms with van der Waals surface area (Å²) in [6.07, 6.45) is 3.97. The molecule has 6 heteroatoms. The third-order valence-electron chi connectivity index (χ3n) is 6.30. The molecule has 1 saturated heterocycles. The molecule has 1 aromatic rings. The van der Waals surface area contributed by atoms with Crippen LogP contribution in [-0.4, -0.2) is 56.3 Å². The molecule has 0 N–H and O–H groups in total. The molecule has 1 aromatic carbocycles. The van der Waals surface area contributed by atoms with Gasteiger partial charge in [0.25, 0.3) is 0 Å². The van der Waals surface area contributed by atoms with Gasteiger partial charge in [0.1, 0.15) is 13.2 Å². The molecular weight excluding hydrogens is 382 g/mol. The lowest BCUT2D eigenvalue weighted by Gasteiger charge is -2.26. The van der Waals surface area contributed by atoms with Crippen LogP contribution >= 0.6 is 0 Å². The molecule has 2 aliphatic rings. The summed E-state index contributed by atoms with van der Waals surface area (Å²) in [7, 11) is 0. The molecule has 0 unspecified atom stereocenters. The zero-order chi connectivity index (χ0) is 21.7. The van der Waals surface area contributed by atoms with E-state index in [4.69, 9.17) is 14.2 Å². The Morgan fingerprint density at radius 3 is 2.57 bits per heavy atom. The minimum absolute atomic E-state index is 0.153. The largest absolute Gasteiger partial charge is 0.464 e. The minimum atomic E-state index is -0.215. The maximum atomic E-state index is 12.1. The molecule has 0 saturated carbocycles. The lowest BCUT2D eigenvalue weighted by atomic mass is 9.87. The molecule has 0 radical (unpaired) electrons. The van der Waals surface area contributed by atoms with Crippen molar-refractivity contribution in [2.45, 2.75) is 53.6 Å². The fourth-order valence-electron chi connectivity index (χ4n) is 4.13. The fraction of sp³-hybridized carbons (Fsp3) is 0.583. The highest BCUT2D eigenvalue weighted by molar-refractivity contribution is 5.96. The Hall–Kier alpha value is -2.18. The number of esters is 2. The van der Waals surface area contributed by atoms with Gasteiger partial charge in [-0.1, -0.05) is 11.6 Å². The second-order valence-corrected chi connectivity index (χ2v) is 8.21. The van der Waals surface area contributed by atoms with Crippen LogP contribution in [-0.2, 0) is 32.0 Å². The van der Waals surface area contributed by atoms with Crippen molar-refractivity contribution in [2.75, 3.05) is 39.5 Å². The number of hydrogen-bond acceptors (Lipinski definition) is 6. The van der Waals surface area contributed by atoms with Gasteiger partial charge < -0.3 is 14.2 Å². The second-order valence-electron chi connectivity index (χ2n) is 8.21. The van der Waals surface area contributed by atoms with Gasteiger partial charge in [0.05, 0.1) is 18.8 Å². The zero-order valence-electron chi connectivity index (χ0n) is 18.6. The van der Waals surface area contributed by atoms with Crippen LogP contribution in [0.15, 0.2) is 11.6 Å². The molecular formula is C24H33NO5. The Morgan fingerprint density at radius 2 is 1.83 bits per heavy atom. The van der Waals surface area contributed by atoms with E-state index in [9.17, 15) is 9.59 Å². The normalized spacial score (nSPS) is 17.1. The Morgan fingerprint density at radius 1 is 1.10 bits per heavy atom. The molecule has 164 valence electrons. The molecule has 0 aliphatic carbocycles. The number of morpholine rings is 1. The van der Waals surface area contributed by atoms with E-state index in [1.165, 1.54) is 11.1 Å². The van der Waals surface area contributed by atoms with E-state index < -0.39 is 0 Å². The highest BCUT2D eigenvalue weighted by atomic mass is 16.5. The van der Waals surface area contributed by atoms with E-state index in [0.717, 1.165) is 67.1 Å². The van der Waals surface area contributed by atoms with Crippen LogP contribution in [0, 0.1) is 20.8 Å². The average Bonchev–Trinajstić information content (AvgIpc) is 3.13. The SMILES string of the molecule is C/C(=C\Cc1c(C)c(C)c2c(c1C)C(=O)OC2)CCC(=O)OCCN1CCOCC1. The first kappa shape index (κ1) is 22.5. The van der Waals surface area contributed by atoms with Gasteiger partial charge in [-0.05, 0) is 62.8 Å². The topological polar surface area (TPSA) is 65.1 Å². The molecule has 2 heterocycles. The van der Waals surface area contributed by atoms with Crippen molar-refractivity contribution in [1.82, 2.24) is 4.90 Å². The van der Waals surface area contributed by atoms with Crippen molar-refractivity contribution in [2.24, 2.45) is 0 Å². The highest BCUT2D eigenvalue weighted by Gasteiger charge is 2.28. The summed E-state index contributed by atoms with van der Waals surface area (Å²) in [6, 6.07) is 0. The number of ether oxygens (including phenoxy) is 3. The maximum absolute atomic E-state index is 12.1. The van der Waals surface area contributed by atoms with Crippen LogP contribution in [0.1, 0.15) is 57.9 Å². The maximum Gasteiger partial charge on any atom is 0.339 e. The van der Waals surface area contributed by atoms with Crippen molar-refractivity contribution in [3.63, 3.8) is 0 Å². The number of hydrogen-bond donors (Lipinski definition) is 0. The van der Waals surface area contributed by atoms with Crippen LogP contribution in [0.25, 0.3) is 0 Å². The van der Waals surface area contributed by atoms with Crippen LogP contribution < -0.4 is 0 Å². The molecule has 6 nitrogen and oxygen atoms in total. The monoisotopic (exact) mass is 415 g/mol. The lowest BCUT2D eigenvalue weighted by Crippen LogP contribution is -2.38.